The van der Waals surface area contributed by atoms with Crippen LogP contribution in [0.15, 0.2) is 47.6 Å². The Bertz CT molecular complexity index is 1080. The van der Waals surface area contributed by atoms with Gasteiger partial charge in [0.2, 0.25) is 11.1 Å². The molecule has 2 atom stereocenters. The van der Waals surface area contributed by atoms with Gasteiger partial charge in [-0.3, -0.25) is 4.79 Å². The first-order valence-electron chi connectivity index (χ1n) is 10.5. The van der Waals surface area contributed by atoms with Crippen molar-refractivity contribution in [2.24, 2.45) is 0 Å². The van der Waals surface area contributed by atoms with Crippen LogP contribution >= 0.6 is 11.8 Å². The third-order valence-corrected chi connectivity index (χ3v) is 6.71. The molecule has 31 heavy (non-hydrogen) atoms. The molecule has 4 rings (SSSR count). The zero-order chi connectivity index (χ0) is 22.0. The molecule has 2 heterocycles. The van der Waals surface area contributed by atoms with Gasteiger partial charge in [-0.2, -0.15) is 0 Å². The van der Waals surface area contributed by atoms with E-state index in [0.29, 0.717) is 11.8 Å². The number of carbonyl (C=O) groups is 1. The quantitative estimate of drug-likeness (QED) is 0.600. The summed E-state index contributed by atoms with van der Waals surface area (Å²) in [4.78, 5) is 13.4. The Morgan fingerprint density at radius 2 is 1.94 bits per heavy atom. The molecule has 1 aliphatic rings. The lowest BCUT2D eigenvalue weighted by Crippen LogP contribution is -2.41. The van der Waals surface area contributed by atoms with Gasteiger partial charge in [0.25, 0.3) is 0 Å². The smallest absolute Gasteiger partial charge is 0.240 e. The van der Waals surface area contributed by atoms with Gasteiger partial charge in [0.05, 0.1) is 12.6 Å². The first-order valence-corrected chi connectivity index (χ1v) is 11.4. The highest BCUT2D eigenvalue weighted by atomic mass is 32.2. The predicted octanol–water partition coefficient (Wildman–Crippen LogP) is 4.25. The molecular formula is C23H27N5O2S. The van der Waals surface area contributed by atoms with Gasteiger partial charge in [-0.1, -0.05) is 43.0 Å². The number of amides is 1. The highest BCUT2D eigenvalue weighted by Gasteiger charge is 2.37. The minimum Gasteiger partial charge on any atom is -0.494 e. The molecule has 0 fully saturated rings. The second kappa shape index (κ2) is 9.01. The Morgan fingerprint density at radius 3 is 2.65 bits per heavy atom. The van der Waals surface area contributed by atoms with Crippen LogP contribution < -0.4 is 15.5 Å². The van der Waals surface area contributed by atoms with Crippen LogP contribution in [-0.2, 0) is 11.2 Å². The molecule has 8 heteroatoms. The van der Waals surface area contributed by atoms with Crippen LogP contribution in [-0.4, -0.2) is 32.6 Å². The molecule has 2 N–H and O–H groups in total. The number of hydrogen-bond donors (Lipinski definition) is 2. The summed E-state index contributed by atoms with van der Waals surface area (Å²) < 4.78 is 7.47. The summed E-state index contributed by atoms with van der Waals surface area (Å²) in [5, 5.41) is 11.9. The Hall–Kier alpha value is -3.00. The number of rotatable bonds is 6. The number of nitrogens with one attached hydrogen (secondary N) is 2. The third kappa shape index (κ3) is 4.25. The van der Waals surface area contributed by atoms with Crippen LogP contribution in [0, 0.1) is 13.8 Å². The first kappa shape index (κ1) is 21.2. The highest BCUT2D eigenvalue weighted by molar-refractivity contribution is 8.00. The molecule has 162 valence electrons. The number of benzene rings is 2. The largest absolute Gasteiger partial charge is 0.494 e. The topological polar surface area (TPSA) is 81.1 Å². The van der Waals surface area contributed by atoms with E-state index in [0.717, 1.165) is 40.4 Å². The predicted molar refractivity (Wildman–Crippen MR) is 123 cm³/mol. The lowest BCUT2D eigenvalue weighted by Gasteiger charge is -2.33. The van der Waals surface area contributed by atoms with Crippen molar-refractivity contribution in [3.05, 3.63) is 65.0 Å². The third-order valence-electron chi connectivity index (χ3n) is 5.49. The van der Waals surface area contributed by atoms with Crippen molar-refractivity contribution in [3.8, 4) is 5.75 Å². The van der Waals surface area contributed by atoms with E-state index < -0.39 is 5.25 Å². The number of thioether (sulfide) groups is 1. The SMILES string of the molecule is CCOc1ccc([C@H]2Nn3c(CC)nnc3S[C@H]2C(=O)Nc2cccc(C)c2C)cc1. The summed E-state index contributed by atoms with van der Waals surface area (Å²) in [6.45, 7) is 8.67. The average Bonchev–Trinajstić information content (AvgIpc) is 3.19. The van der Waals surface area contributed by atoms with Gasteiger partial charge in [-0.05, 0) is 55.7 Å². The molecule has 0 spiro atoms. The number of carbonyl (C=O) groups excluding carboxylic acids is 1. The number of hydrogen-bond acceptors (Lipinski definition) is 6. The lowest BCUT2D eigenvalue weighted by molar-refractivity contribution is -0.116. The van der Waals surface area contributed by atoms with Crippen LogP contribution in [0.1, 0.15) is 42.4 Å². The second-order valence-corrected chi connectivity index (χ2v) is 8.58. The zero-order valence-corrected chi connectivity index (χ0v) is 19.0. The second-order valence-electron chi connectivity index (χ2n) is 7.47. The molecule has 7 nitrogen and oxygen atoms in total. The summed E-state index contributed by atoms with van der Waals surface area (Å²) in [7, 11) is 0. The Kier molecular flexibility index (Phi) is 6.18. The van der Waals surface area contributed by atoms with E-state index in [2.05, 4.69) is 20.9 Å². The standard InChI is InChI=1S/C23H27N5O2S/c1-5-19-25-26-23-28(19)27-20(16-10-12-17(13-11-16)30-6-2)21(31-23)22(29)24-18-9-7-8-14(3)15(18)4/h7-13,20-21,27H,5-6H2,1-4H3,(H,24,29)/t20-,21-/m1/s1. The molecule has 3 aromatic rings. The maximum absolute atomic E-state index is 13.4. The molecule has 0 saturated carbocycles. The van der Waals surface area contributed by atoms with E-state index >= 15 is 0 Å². The number of fused-ring (bicyclic) bond motifs is 1. The monoisotopic (exact) mass is 437 g/mol. The van der Waals surface area contributed by atoms with Crippen molar-refractivity contribution >= 4 is 23.4 Å². The van der Waals surface area contributed by atoms with Crippen molar-refractivity contribution in [2.75, 3.05) is 17.3 Å². The van der Waals surface area contributed by atoms with Gasteiger partial charge in [-0.25, -0.2) is 4.68 Å². The number of ether oxygens (including phenoxy) is 1. The van der Waals surface area contributed by atoms with E-state index in [1.807, 2.05) is 74.8 Å². The summed E-state index contributed by atoms with van der Waals surface area (Å²) >= 11 is 1.43. The van der Waals surface area contributed by atoms with Crippen LogP contribution in [0.25, 0.3) is 0 Å². The molecule has 1 aromatic heterocycles. The van der Waals surface area contributed by atoms with E-state index in [1.54, 1.807) is 0 Å². The van der Waals surface area contributed by atoms with Crippen LogP contribution in [0.4, 0.5) is 5.69 Å². The summed E-state index contributed by atoms with van der Waals surface area (Å²) in [5.41, 5.74) is 7.52. The normalized spacial score (nSPS) is 17.5. The fourth-order valence-corrected chi connectivity index (χ4v) is 4.70. The molecule has 0 radical (unpaired) electrons. The number of nitrogens with zero attached hydrogens (tertiary/aromatic N) is 3. The van der Waals surface area contributed by atoms with Crippen LogP contribution in [0.3, 0.4) is 0 Å². The van der Waals surface area contributed by atoms with Gasteiger partial charge in [0.1, 0.15) is 11.0 Å². The Morgan fingerprint density at radius 1 is 1.16 bits per heavy atom. The summed E-state index contributed by atoms with van der Waals surface area (Å²) in [6, 6.07) is 13.6. The summed E-state index contributed by atoms with van der Waals surface area (Å²) in [5.74, 6) is 1.58. The maximum Gasteiger partial charge on any atom is 0.240 e. The van der Waals surface area contributed by atoms with Crippen molar-refractivity contribution in [1.29, 1.82) is 0 Å². The number of anilines is 1. The molecule has 1 aliphatic heterocycles. The first-order chi connectivity index (χ1) is 15.0. The fourth-order valence-electron chi connectivity index (χ4n) is 3.61. The minimum atomic E-state index is -0.417. The van der Waals surface area contributed by atoms with Crippen LogP contribution in [0.2, 0.25) is 0 Å². The zero-order valence-electron chi connectivity index (χ0n) is 18.2. The fraction of sp³-hybridized carbons (Fsp3) is 0.348. The number of aromatic nitrogens is 3. The molecule has 0 unspecified atom stereocenters. The van der Waals surface area contributed by atoms with Gasteiger partial charge in [-0.15, -0.1) is 10.2 Å². The van der Waals surface area contributed by atoms with Crippen molar-refractivity contribution in [2.45, 2.75) is 50.6 Å². The molecule has 2 aromatic carbocycles. The highest BCUT2D eigenvalue weighted by Crippen LogP contribution is 2.38. The van der Waals surface area contributed by atoms with E-state index in [1.165, 1.54) is 11.8 Å². The molecule has 0 saturated heterocycles. The van der Waals surface area contributed by atoms with Crippen molar-refractivity contribution in [3.63, 3.8) is 0 Å². The minimum absolute atomic E-state index is 0.0719. The molecule has 0 bridgehead atoms. The van der Waals surface area contributed by atoms with Crippen molar-refractivity contribution < 1.29 is 9.53 Å². The molecule has 0 aliphatic carbocycles. The van der Waals surface area contributed by atoms with Crippen LogP contribution in [0.5, 0.6) is 5.75 Å². The van der Waals surface area contributed by atoms with Gasteiger partial charge >= 0.3 is 0 Å². The summed E-state index contributed by atoms with van der Waals surface area (Å²) in [6.07, 6.45) is 0.746. The van der Waals surface area contributed by atoms with E-state index in [9.17, 15) is 4.79 Å². The number of aryl methyl sites for hydroxylation is 2. The molecular weight excluding hydrogens is 410 g/mol. The Labute approximate surface area is 186 Å². The Balaban J connectivity index is 1.66. The molecule has 1 amide bonds. The average molecular weight is 438 g/mol. The maximum atomic E-state index is 13.4. The lowest BCUT2D eigenvalue weighted by atomic mass is 10.0. The van der Waals surface area contributed by atoms with Gasteiger partial charge in [0, 0.05) is 12.1 Å². The van der Waals surface area contributed by atoms with Crippen molar-refractivity contribution in [1.82, 2.24) is 14.9 Å². The van der Waals surface area contributed by atoms with E-state index in [-0.39, 0.29) is 11.9 Å². The van der Waals surface area contributed by atoms with Gasteiger partial charge < -0.3 is 15.5 Å². The van der Waals surface area contributed by atoms with E-state index in [4.69, 9.17) is 4.74 Å². The van der Waals surface area contributed by atoms with Gasteiger partial charge in [0.15, 0.2) is 5.82 Å².